The highest BCUT2D eigenvalue weighted by molar-refractivity contribution is 7.84. The second kappa shape index (κ2) is 4.55. The van der Waals surface area contributed by atoms with Crippen molar-refractivity contribution in [2.24, 2.45) is 5.14 Å². The first-order valence-electron chi connectivity index (χ1n) is 5.62. The van der Waals surface area contributed by atoms with Crippen LogP contribution in [0.2, 0.25) is 0 Å². The average molecular weight is 307 g/mol. The van der Waals surface area contributed by atoms with Crippen molar-refractivity contribution in [2.75, 3.05) is 0 Å². The molecular formula is C13H9NO4S2. The highest BCUT2D eigenvalue weighted by Gasteiger charge is 2.09. The first-order chi connectivity index (χ1) is 9.44. The number of benzene rings is 2. The molecular weight excluding hydrogens is 298 g/mol. The summed E-state index contributed by atoms with van der Waals surface area (Å²) < 4.78 is 27.0. The molecule has 0 aliphatic rings. The zero-order valence-electron chi connectivity index (χ0n) is 10.1. The fourth-order valence-corrected chi connectivity index (χ4v) is 3.37. The summed E-state index contributed by atoms with van der Waals surface area (Å²) in [4.78, 5) is 12.0. The van der Waals surface area contributed by atoms with Crippen molar-refractivity contribution in [3.63, 3.8) is 0 Å². The van der Waals surface area contributed by atoms with Crippen molar-refractivity contribution in [1.29, 1.82) is 0 Å². The molecule has 1 aromatic heterocycles. The molecule has 0 unspecified atom stereocenters. The Balaban J connectivity index is 2.31. The van der Waals surface area contributed by atoms with Gasteiger partial charge in [0.1, 0.15) is 5.75 Å². The lowest BCUT2D eigenvalue weighted by Crippen LogP contribution is -2.18. The second-order valence-corrected chi connectivity index (χ2v) is 6.34. The van der Waals surface area contributed by atoms with Crippen LogP contribution in [0.5, 0.6) is 5.75 Å². The topological polar surface area (TPSA) is 86.5 Å². The molecule has 3 rings (SSSR count). The van der Waals surface area contributed by atoms with Gasteiger partial charge in [-0.3, -0.25) is 4.79 Å². The molecule has 102 valence electrons. The molecule has 3 aromatic rings. The Morgan fingerprint density at radius 3 is 2.40 bits per heavy atom. The predicted molar refractivity (Wildman–Crippen MR) is 79.3 cm³/mol. The Labute approximate surface area is 118 Å². The van der Waals surface area contributed by atoms with Gasteiger partial charge in [-0.15, -0.1) is 0 Å². The second-order valence-electron chi connectivity index (χ2n) is 4.17. The van der Waals surface area contributed by atoms with Crippen LogP contribution in [0.1, 0.15) is 0 Å². The van der Waals surface area contributed by atoms with Gasteiger partial charge in [-0.05, 0) is 29.7 Å². The monoisotopic (exact) mass is 307 g/mol. The van der Waals surface area contributed by atoms with E-state index < -0.39 is 10.3 Å². The number of hydrogen-bond acceptors (Lipinski definition) is 5. The molecule has 0 amide bonds. The maximum absolute atomic E-state index is 12.0. The fourth-order valence-electron chi connectivity index (χ4n) is 2.05. The summed E-state index contributed by atoms with van der Waals surface area (Å²) in [5, 5.41) is 7.16. The van der Waals surface area contributed by atoms with Crippen molar-refractivity contribution in [3.05, 3.63) is 52.0 Å². The lowest BCUT2D eigenvalue weighted by atomic mass is 10.1. The smallest absolute Gasteiger partial charge is 0.371 e. The lowest BCUT2D eigenvalue weighted by molar-refractivity contribution is 0.488. The average Bonchev–Trinajstić information content (AvgIpc) is 2.37. The summed E-state index contributed by atoms with van der Waals surface area (Å²) >= 11 is 1.04. The maximum Gasteiger partial charge on any atom is 0.380 e. The number of nitrogens with two attached hydrogens (primary N) is 1. The molecule has 20 heavy (non-hydrogen) atoms. The van der Waals surface area contributed by atoms with Crippen LogP contribution in [0.4, 0.5) is 0 Å². The van der Waals surface area contributed by atoms with E-state index in [1.807, 2.05) is 12.1 Å². The van der Waals surface area contributed by atoms with Crippen LogP contribution in [0.3, 0.4) is 0 Å². The summed E-state index contributed by atoms with van der Waals surface area (Å²) in [6.45, 7) is 0. The zero-order chi connectivity index (χ0) is 14.3. The molecule has 0 fully saturated rings. The summed E-state index contributed by atoms with van der Waals surface area (Å²) in [5.41, 5.74) is 0. The van der Waals surface area contributed by atoms with Gasteiger partial charge in [-0.25, -0.2) is 0 Å². The molecule has 0 saturated carbocycles. The third-order valence-corrected chi connectivity index (χ3v) is 4.19. The highest BCUT2D eigenvalue weighted by atomic mass is 32.2. The molecule has 0 saturated heterocycles. The number of fused-ring (bicyclic) bond motifs is 3. The third-order valence-electron chi connectivity index (χ3n) is 2.81. The molecule has 0 spiro atoms. The Bertz CT molecular complexity index is 976. The van der Waals surface area contributed by atoms with Crippen LogP contribution in [0.25, 0.3) is 20.9 Å². The molecule has 1 heterocycles. The van der Waals surface area contributed by atoms with E-state index in [9.17, 15) is 13.2 Å². The van der Waals surface area contributed by atoms with Crippen molar-refractivity contribution < 1.29 is 12.6 Å². The van der Waals surface area contributed by atoms with Crippen molar-refractivity contribution >= 4 is 42.5 Å². The molecule has 0 atom stereocenters. The van der Waals surface area contributed by atoms with Crippen LogP contribution in [-0.2, 0) is 10.3 Å². The number of rotatable bonds is 2. The van der Waals surface area contributed by atoms with Crippen molar-refractivity contribution in [2.45, 2.75) is 0 Å². The molecule has 0 aliphatic heterocycles. The fraction of sp³-hybridized carbons (Fsp3) is 0. The van der Waals surface area contributed by atoms with E-state index in [2.05, 4.69) is 4.18 Å². The van der Waals surface area contributed by atoms with Crippen LogP contribution < -0.4 is 14.1 Å². The van der Waals surface area contributed by atoms with Gasteiger partial charge in [0.05, 0.1) is 0 Å². The van der Waals surface area contributed by atoms with Gasteiger partial charge in [0, 0.05) is 15.5 Å². The van der Waals surface area contributed by atoms with Gasteiger partial charge < -0.3 is 4.18 Å². The summed E-state index contributed by atoms with van der Waals surface area (Å²) in [5.74, 6) is 0.0888. The van der Waals surface area contributed by atoms with E-state index in [1.165, 1.54) is 12.1 Å². The Morgan fingerprint density at radius 1 is 1.00 bits per heavy atom. The quantitative estimate of drug-likeness (QED) is 0.734. The van der Waals surface area contributed by atoms with Crippen molar-refractivity contribution in [1.82, 2.24) is 0 Å². The zero-order valence-corrected chi connectivity index (χ0v) is 11.7. The van der Waals surface area contributed by atoms with Gasteiger partial charge in [-0.1, -0.05) is 29.5 Å². The maximum atomic E-state index is 12.0. The number of hydrogen-bond donors (Lipinski definition) is 1. The molecule has 2 aromatic carbocycles. The highest BCUT2D eigenvalue weighted by Crippen LogP contribution is 2.28. The van der Waals surface area contributed by atoms with Crippen LogP contribution in [0, 0.1) is 0 Å². The van der Waals surface area contributed by atoms with E-state index >= 15 is 0 Å². The molecule has 0 radical (unpaired) electrons. The molecule has 5 nitrogen and oxygen atoms in total. The minimum absolute atomic E-state index is 0.0825. The molecule has 0 aliphatic carbocycles. The first kappa shape index (κ1) is 13.0. The predicted octanol–water partition coefficient (Wildman–Crippen LogP) is 2.00. The molecule has 7 heteroatoms. The van der Waals surface area contributed by atoms with Crippen molar-refractivity contribution in [3.8, 4) is 5.75 Å². The standard InChI is InChI=1S/C13H9NO4S2/c14-20(16,17)18-8-5-6-10-9-3-1-2-4-11(9)13(15)19-12(10)7-8/h1-7H,(H2,14,16,17). The van der Waals surface area contributed by atoms with E-state index in [0.29, 0.717) is 10.1 Å². The van der Waals surface area contributed by atoms with Gasteiger partial charge in [-0.2, -0.15) is 13.6 Å². The summed E-state index contributed by atoms with van der Waals surface area (Å²) in [6, 6.07) is 12.0. The Kier molecular flexibility index (Phi) is 2.97. The Morgan fingerprint density at radius 2 is 1.70 bits per heavy atom. The van der Waals surface area contributed by atoms with Crippen LogP contribution in [0.15, 0.2) is 47.3 Å². The summed E-state index contributed by atoms with van der Waals surface area (Å²) in [6.07, 6.45) is 0. The van der Waals surface area contributed by atoms with Gasteiger partial charge in [0.2, 0.25) is 4.74 Å². The van der Waals surface area contributed by atoms with Crippen LogP contribution in [-0.4, -0.2) is 8.42 Å². The van der Waals surface area contributed by atoms with E-state index in [4.69, 9.17) is 5.14 Å². The summed E-state index contributed by atoms with van der Waals surface area (Å²) in [7, 11) is -4.07. The largest absolute Gasteiger partial charge is 0.380 e. The molecule has 2 N–H and O–H groups in total. The Hall–Kier alpha value is -1.96. The minimum atomic E-state index is -4.07. The normalized spacial score (nSPS) is 11.8. The molecule has 0 bridgehead atoms. The van der Waals surface area contributed by atoms with E-state index in [1.54, 1.807) is 18.2 Å². The van der Waals surface area contributed by atoms with Gasteiger partial charge >= 0.3 is 10.3 Å². The third kappa shape index (κ3) is 2.38. The van der Waals surface area contributed by atoms with Gasteiger partial charge in [0.15, 0.2) is 0 Å². The minimum Gasteiger partial charge on any atom is -0.371 e. The SMILES string of the molecule is NS(=O)(=O)Oc1ccc2c(c1)sc(=O)c1ccccc12. The van der Waals surface area contributed by atoms with E-state index in [0.717, 1.165) is 22.1 Å². The first-order valence-corrected chi connectivity index (χ1v) is 7.91. The van der Waals surface area contributed by atoms with E-state index in [-0.39, 0.29) is 10.5 Å². The van der Waals surface area contributed by atoms with Gasteiger partial charge in [0.25, 0.3) is 0 Å². The lowest BCUT2D eigenvalue weighted by Gasteiger charge is -2.05. The van der Waals surface area contributed by atoms with Crippen LogP contribution >= 0.6 is 11.3 Å².